The summed E-state index contributed by atoms with van der Waals surface area (Å²) in [7, 11) is -4.23. The summed E-state index contributed by atoms with van der Waals surface area (Å²) in [5, 5.41) is -0.330. The molecule has 1 saturated heterocycles. The predicted molar refractivity (Wildman–Crippen MR) is 137 cm³/mol. The second-order valence-electron chi connectivity index (χ2n) is 8.99. The molecule has 1 aliphatic rings. The number of anilines is 2. The van der Waals surface area contributed by atoms with Crippen molar-refractivity contribution in [3.05, 3.63) is 54.2 Å². The first-order valence-corrected chi connectivity index (χ1v) is 13.3. The number of piperidine rings is 1. The standard InChI is InChI=1S/C25H30N6O4S/c1-16(2)35-22-13-10-18(15-27-22)20-12-11-19(24(28-20)31-14-5-4-7-17(31)3)25(32)30-36(33,34)23-9-6-8-21(26)29-23/h6,8-13,15-17H,4-5,7,14H2,1-3H3,(H2,26,29)(H,30,32). The Labute approximate surface area is 211 Å². The number of sulfonamides is 1. The van der Waals surface area contributed by atoms with Gasteiger partial charge in [0.1, 0.15) is 11.6 Å². The van der Waals surface area contributed by atoms with Crippen LogP contribution in [0.5, 0.6) is 5.88 Å². The van der Waals surface area contributed by atoms with Crippen LogP contribution in [0.3, 0.4) is 0 Å². The van der Waals surface area contributed by atoms with Gasteiger partial charge in [0, 0.05) is 30.4 Å². The van der Waals surface area contributed by atoms with Gasteiger partial charge in [-0.05, 0) is 70.4 Å². The Kier molecular flexibility index (Phi) is 7.39. The Morgan fingerprint density at radius 3 is 2.61 bits per heavy atom. The lowest BCUT2D eigenvalue weighted by Gasteiger charge is -2.35. The average Bonchev–Trinajstić information content (AvgIpc) is 2.84. The quantitative estimate of drug-likeness (QED) is 0.489. The number of nitrogen functional groups attached to an aromatic ring is 1. The van der Waals surface area contributed by atoms with Gasteiger partial charge in [0.25, 0.3) is 15.9 Å². The van der Waals surface area contributed by atoms with Crippen LogP contribution in [0.1, 0.15) is 50.4 Å². The van der Waals surface area contributed by atoms with Crippen LogP contribution in [0.25, 0.3) is 11.3 Å². The van der Waals surface area contributed by atoms with Crippen molar-refractivity contribution in [2.45, 2.75) is 57.2 Å². The second kappa shape index (κ2) is 10.5. The van der Waals surface area contributed by atoms with Crippen molar-refractivity contribution in [1.82, 2.24) is 19.7 Å². The summed E-state index contributed by atoms with van der Waals surface area (Å²) in [6.45, 7) is 6.63. The summed E-state index contributed by atoms with van der Waals surface area (Å²) in [5.74, 6) is 0.188. The van der Waals surface area contributed by atoms with E-state index in [1.165, 1.54) is 18.2 Å². The Bertz CT molecular complexity index is 1340. The Morgan fingerprint density at radius 2 is 1.94 bits per heavy atom. The number of nitrogens with one attached hydrogen (secondary N) is 1. The number of ether oxygens (including phenoxy) is 1. The highest BCUT2D eigenvalue weighted by Crippen LogP contribution is 2.30. The summed E-state index contributed by atoms with van der Waals surface area (Å²) < 4.78 is 33.4. The molecule has 3 aromatic heterocycles. The van der Waals surface area contributed by atoms with E-state index >= 15 is 0 Å². The normalized spacial score (nSPS) is 16.1. The van der Waals surface area contributed by atoms with Crippen LogP contribution in [-0.2, 0) is 10.0 Å². The number of amides is 1. The van der Waals surface area contributed by atoms with Crippen molar-refractivity contribution < 1.29 is 17.9 Å². The number of hydrogen-bond donors (Lipinski definition) is 2. The van der Waals surface area contributed by atoms with E-state index in [9.17, 15) is 13.2 Å². The summed E-state index contributed by atoms with van der Waals surface area (Å²) in [6.07, 6.45) is 4.65. The van der Waals surface area contributed by atoms with Crippen LogP contribution in [0.4, 0.5) is 11.6 Å². The van der Waals surface area contributed by atoms with Gasteiger partial charge >= 0.3 is 0 Å². The van der Waals surface area contributed by atoms with Gasteiger partial charge in [0.2, 0.25) is 5.88 Å². The summed E-state index contributed by atoms with van der Waals surface area (Å²) in [6, 6.07) is 11.2. The first-order chi connectivity index (χ1) is 17.1. The molecule has 0 aliphatic carbocycles. The molecule has 0 bridgehead atoms. The zero-order valence-electron chi connectivity index (χ0n) is 20.5. The molecule has 11 heteroatoms. The second-order valence-corrected chi connectivity index (χ2v) is 10.6. The van der Waals surface area contributed by atoms with E-state index < -0.39 is 15.9 Å². The van der Waals surface area contributed by atoms with Crippen molar-refractivity contribution >= 4 is 27.6 Å². The lowest BCUT2D eigenvalue weighted by molar-refractivity contribution is 0.0981. The molecule has 0 saturated carbocycles. The van der Waals surface area contributed by atoms with E-state index in [0.29, 0.717) is 23.9 Å². The molecule has 3 aromatic rings. The Balaban J connectivity index is 1.69. The molecule has 36 heavy (non-hydrogen) atoms. The van der Waals surface area contributed by atoms with Crippen LogP contribution in [-0.4, -0.2) is 48.0 Å². The fraction of sp³-hybridized carbons (Fsp3) is 0.360. The third-order valence-corrected chi connectivity index (χ3v) is 7.06. The first kappa shape index (κ1) is 25.4. The van der Waals surface area contributed by atoms with Crippen LogP contribution in [0.2, 0.25) is 0 Å². The molecular formula is C25H30N6O4S. The van der Waals surface area contributed by atoms with Crippen molar-refractivity contribution in [3.63, 3.8) is 0 Å². The van der Waals surface area contributed by atoms with Crippen LogP contribution < -0.4 is 20.1 Å². The molecule has 10 nitrogen and oxygen atoms in total. The number of nitrogens with zero attached hydrogens (tertiary/aromatic N) is 4. The molecule has 3 N–H and O–H groups in total. The minimum Gasteiger partial charge on any atom is -0.475 e. The maximum atomic E-state index is 13.2. The van der Waals surface area contributed by atoms with Crippen molar-refractivity contribution in [2.75, 3.05) is 17.2 Å². The average molecular weight is 511 g/mol. The van der Waals surface area contributed by atoms with Gasteiger partial charge in [-0.3, -0.25) is 4.79 Å². The van der Waals surface area contributed by atoms with Gasteiger partial charge in [0.05, 0.1) is 17.4 Å². The Hall–Kier alpha value is -3.73. The summed E-state index contributed by atoms with van der Waals surface area (Å²) in [4.78, 5) is 28.3. The van der Waals surface area contributed by atoms with E-state index in [2.05, 4.69) is 26.5 Å². The van der Waals surface area contributed by atoms with Gasteiger partial charge < -0.3 is 15.4 Å². The van der Waals surface area contributed by atoms with E-state index in [4.69, 9.17) is 15.5 Å². The molecule has 0 spiro atoms. The molecular weight excluding hydrogens is 480 g/mol. The number of carbonyl (C=O) groups excluding carboxylic acids is 1. The highest BCUT2D eigenvalue weighted by molar-refractivity contribution is 7.90. The van der Waals surface area contributed by atoms with E-state index in [-0.39, 0.29) is 28.6 Å². The monoisotopic (exact) mass is 510 g/mol. The fourth-order valence-electron chi connectivity index (χ4n) is 4.07. The van der Waals surface area contributed by atoms with Crippen molar-refractivity contribution in [2.24, 2.45) is 0 Å². The number of hydrogen-bond acceptors (Lipinski definition) is 9. The maximum absolute atomic E-state index is 13.2. The molecule has 190 valence electrons. The predicted octanol–water partition coefficient (Wildman–Crippen LogP) is 3.41. The van der Waals surface area contributed by atoms with E-state index in [1.807, 2.05) is 19.9 Å². The van der Waals surface area contributed by atoms with Gasteiger partial charge in [-0.15, -0.1) is 0 Å². The number of aromatic nitrogens is 3. The number of nitrogens with two attached hydrogens (primary N) is 1. The third kappa shape index (κ3) is 5.73. The van der Waals surface area contributed by atoms with Gasteiger partial charge in [-0.1, -0.05) is 6.07 Å². The number of pyridine rings is 3. The zero-order chi connectivity index (χ0) is 25.9. The Morgan fingerprint density at radius 1 is 1.14 bits per heavy atom. The summed E-state index contributed by atoms with van der Waals surface area (Å²) in [5.41, 5.74) is 7.15. The van der Waals surface area contributed by atoms with Crippen LogP contribution in [0.15, 0.2) is 53.7 Å². The zero-order valence-corrected chi connectivity index (χ0v) is 21.3. The highest BCUT2D eigenvalue weighted by Gasteiger charge is 2.28. The lowest BCUT2D eigenvalue weighted by Crippen LogP contribution is -2.40. The molecule has 4 rings (SSSR count). The molecule has 4 heterocycles. The van der Waals surface area contributed by atoms with E-state index in [0.717, 1.165) is 24.8 Å². The minimum atomic E-state index is -4.23. The minimum absolute atomic E-state index is 0.00488. The van der Waals surface area contributed by atoms with Gasteiger partial charge in [0.15, 0.2) is 5.03 Å². The maximum Gasteiger partial charge on any atom is 0.281 e. The van der Waals surface area contributed by atoms with Gasteiger partial charge in [-0.25, -0.2) is 19.7 Å². The SMILES string of the molecule is CC(C)Oc1ccc(-c2ccc(C(=O)NS(=O)(=O)c3cccc(N)n3)c(N3CCCCC3C)n2)cn1. The largest absolute Gasteiger partial charge is 0.475 e. The smallest absolute Gasteiger partial charge is 0.281 e. The van der Waals surface area contributed by atoms with Gasteiger partial charge in [-0.2, -0.15) is 8.42 Å². The molecule has 1 aliphatic heterocycles. The molecule has 0 radical (unpaired) electrons. The molecule has 1 atom stereocenters. The molecule has 1 amide bonds. The molecule has 1 unspecified atom stereocenters. The highest BCUT2D eigenvalue weighted by atomic mass is 32.2. The molecule has 1 fully saturated rings. The van der Waals surface area contributed by atoms with Crippen LogP contribution in [0, 0.1) is 0 Å². The topological polar surface area (TPSA) is 140 Å². The molecule has 0 aromatic carbocycles. The number of carbonyl (C=O) groups is 1. The third-order valence-electron chi connectivity index (χ3n) is 5.83. The van der Waals surface area contributed by atoms with Crippen LogP contribution >= 0.6 is 0 Å². The van der Waals surface area contributed by atoms with Crippen molar-refractivity contribution in [1.29, 1.82) is 0 Å². The van der Waals surface area contributed by atoms with E-state index in [1.54, 1.807) is 24.4 Å². The first-order valence-electron chi connectivity index (χ1n) is 11.8. The lowest BCUT2D eigenvalue weighted by atomic mass is 10.0. The van der Waals surface area contributed by atoms with Crippen molar-refractivity contribution in [3.8, 4) is 17.1 Å². The number of rotatable bonds is 7. The fourth-order valence-corrected chi connectivity index (χ4v) is 5.01. The summed E-state index contributed by atoms with van der Waals surface area (Å²) >= 11 is 0.